The Balaban J connectivity index is 4.26. The molecule has 0 aromatic carbocycles. The van der Waals surface area contributed by atoms with Gasteiger partial charge in [-0.2, -0.15) is 0 Å². The lowest BCUT2D eigenvalue weighted by atomic mass is 10.0. The van der Waals surface area contributed by atoms with E-state index in [0.717, 1.165) is 63.7 Å². The smallest absolute Gasteiger partial charge is 0.306 e. The molecule has 0 rings (SSSR count). The van der Waals surface area contributed by atoms with Crippen molar-refractivity contribution in [2.45, 2.75) is 271 Å². The number of hydrogen-bond donors (Lipinski definition) is 0. The van der Waals surface area contributed by atoms with Gasteiger partial charge in [-0.05, 0) is 25.2 Å². The predicted octanol–water partition coefficient (Wildman–Crippen LogP) is 15.1. The van der Waals surface area contributed by atoms with Crippen LogP contribution in [-0.2, 0) is 28.6 Å². The zero-order valence-corrected chi connectivity index (χ0v) is 36.7. The molecule has 0 unspecified atom stereocenters. The van der Waals surface area contributed by atoms with Gasteiger partial charge in [-0.25, -0.2) is 0 Å². The summed E-state index contributed by atoms with van der Waals surface area (Å²) >= 11 is 0. The van der Waals surface area contributed by atoms with Gasteiger partial charge in [0.05, 0.1) is 0 Å². The number of esters is 3. The Morgan fingerprint density at radius 1 is 0.352 bits per heavy atom. The Kier molecular flexibility index (Phi) is 41.3. The Labute approximate surface area is 336 Å². The van der Waals surface area contributed by atoms with E-state index in [4.69, 9.17) is 14.2 Å². The molecule has 0 saturated heterocycles. The Morgan fingerprint density at radius 3 is 0.907 bits per heavy atom. The average Bonchev–Trinajstić information content (AvgIpc) is 3.15. The number of carbonyl (C=O) groups is 3. The summed E-state index contributed by atoms with van der Waals surface area (Å²) in [7, 11) is 0. The summed E-state index contributed by atoms with van der Waals surface area (Å²) in [4.78, 5) is 37.7. The Morgan fingerprint density at radius 2 is 0.611 bits per heavy atom. The van der Waals surface area contributed by atoms with E-state index in [1.807, 2.05) is 0 Å². The lowest BCUT2D eigenvalue weighted by molar-refractivity contribution is -0.167. The minimum atomic E-state index is -0.758. The van der Waals surface area contributed by atoms with Crippen LogP contribution in [0.2, 0.25) is 0 Å². The molecule has 0 heterocycles. The maximum absolute atomic E-state index is 12.7. The van der Waals surface area contributed by atoms with Crippen molar-refractivity contribution >= 4 is 17.9 Å². The molecule has 0 aliphatic rings. The average molecular weight is 765 g/mol. The van der Waals surface area contributed by atoms with Crippen molar-refractivity contribution in [2.75, 3.05) is 13.2 Å². The van der Waals surface area contributed by atoms with Gasteiger partial charge in [0.25, 0.3) is 0 Å². The van der Waals surface area contributed by atoms with Gasteiger partial charge in [-0.1, -0.05) is 227 Å². The Bertz CT molecular complexity index is 811. The number of hydrogen-bond acceptors (Lipinski definition) is 6. The van der Waals surface area contributed by atoms with Crippen LogP contribution in [0.5, 0.6) is 0 Å². The molecule has 6 heteroatoms. The highest BCUT2D eigenvalue weighted by Crippen LogP contribution is 2.16. The van der Waals surface area contributed by atoms with Gasteiger partial charge in [-0.3, -0.25) is 14.4 Å². The quantitative estimate of drug-likeness (QED) is 0.0349. The molecule has 0 aromatic heterocycles. The molecule has 320 valence electrons. The largest absolute Gasteiger partial charge is 0.462 e. The topological polar surface area (TPSA) is 78.9 Å². The molecule has 6 nitrogen and oxygen atoms in total. The third-order valence-electron chi connectivity index (χ3n) is 10.8. The van der Waals surface area contributed by atoms with Crippen molar-refractivity contribution in [3.63, 3.8) is 0 Å². The highest BCUT2D eigenvalue weighted by atomic mass is 16.6. The number of carbonyl (C=O) groups excluding carboxylic acids is 3. The zero-order chi connectivity index (χ0) is 39.6. The molecule has 0 aliphatic carbocycles. The minimum Gasteiger partial charge on any atom is -0.462 e. The van der Waals surface area contributed by atoms with Crippen molar-refractivity contribution in [1.29, 1.82) is 0 Å². The van der Waals surface area contributed by atoms with E-state index in [9.17, 15) is 14.4 Å². The van der Waals surface area contributed by atoms with Gasteiger partial charge in [0, 0.05) is 19.3 Å². The summed E-state index contributed by atoms with van der Waals surface area (Å²) in [5.41, 5.74) is 0. The first-order chi connectivity index (χ1) is 26.4. The minimum absolute atomic E-state index is 0.0634. The highest BCUT2D eigenvalue weighted by Gasteiger charge is 2.19. The van der Waals surface area contributed by atoms with Crippen LogP contribution in [0.4, 0.5) is 0 Å². The first-order valence-corrected chi connectivity index (χ1v) is 23.9. The fourth-order valence-corrected chi connectivity index (χ4v) is 7.16. The van der Waals surface area contributed by atoms with E-state index < -0.39 is 6.10 Å². The van der Waals surface area contributed by atoms with E-state index in [1.54, 1.807) is 0 Å². The van der Waals surface area contributed by atoms with E-state index in [0.29, 0.717) is 19.3 Å². The van der Waals surface area contributed by atoms with Gasteiger partial charge in [-0.15, -0.1) is 0 Å². The van der Waals surface area contributed by atoms with Crippen molar-refractivity contribution < 1.29 is 28.6 Å². The summed E-state index contributed by atoms with van der Waals surface area (Å²) < 4.78 is 16.7. The molecule has 0 aliphatic heterocycles. The van der Waals surface area contributed by atoms with Crippen molar-refractivity contribution in [3.8, 4) is 0 Å². The molecule has 0 aromatic rings. The molecule has 0 amide bonds. The maximum atomic E-state index is 12.7. The van der Waals surface area contributed by atoms with Crippen LogP contribution >= 0.6 is 0 Å². The van der Waals surface area contributed by atoms with Crippen molar-refractivity contribution in [1.82, 2.24) is 0 Å². The summed E-state index contributed by atoms with van der Waals surface area (Å²) in [6.07, 6.45) is 42.3. The molecule has 0 N–H and O–H groups in total. The van der Waals surface area contributed by atoms with Crippen LogP contribution in [0.25, 0.3) is 0 Å². The second kappa shape index (κ2) is 42.6. The first kappa shape index (κ1) is 52.4. The molecule has 0 saturated carbocycles. The first-order valence-electron chi connectivity index (χ1n) is 23.9. The number of rotatable bonds is 43. The zero-order valence-electron chi connectivity index (χ0n) is 36.7. The molecule has 0 bridgehead atoms. The molecule has 1 atom stereocenters. The Hall–Kier alpha value is -1.59. The monoisotopic (exact) mass is 765 g/mol. The van der Waals surface area contributed by atoms with E-state index in [1.165, 1.54) is 161 Å². The molecule has 54 heavy (non-hydrogen) atoms. The van der Waals surface area contributed by atoms with Gasteiger partial charge < -0.3 is 14.2 Å². The van der Waals surface area contributed by atoms with Crippen LogP contribution in [0, 0.1) is 5.92 Å². The van der Waals surface area contributed by atoms with Crippen molar-refractivity contribution in [3.05, 3.63) is 0 Å². The summed E-state index contributed by atoms with van der Waals surface area (Å²) in [5, 5.41) is 0. The second-order valence-electron chi connectivity index (χ2n) is 16.9. The van der Waals surface area contributed by atoms with Crippen LogP contribution < -0.4 is 0 Å². The second-order valence-corrected chi connectivity index (χ2v) is 16.9. The van der Waals surface area contributed by atoms with E-state index in [-0.39, 0.29) is 31.1 Å². The molecule has 0 fully saturated rings. The lowest BCUT2D eigenvalue weighted by Crippen LogP contribution is -2.30. The van der Waals surface area contributed by atoms with Gasteiger partial charge in [0.15, 0.2) is 6.10 Å². The van der Waals surface area contributed by atoms with E-state index >= 15 is 0 Å². The number of ether oxygens (including phenoxy) is 3. The lowest BCUT2D eigenvalue weighted by Gasteiger charge is -2.18. The normalized spacial score (nSPS) is 11.9. The third kappa shape index (κ3) is 41.6. The van der Waals surface area contributed by atoms with Crippen molar-refractivity contribution in [2.24, 2.45) is 5.92 Å². The van der Waals surface area contributed by atoms with Gasteiger partial charge >= 0.3 is 17.9 Å². The third-order valence-corrected chi connectivity index (χ3v) is 10.8. The maximum Gasteiger partial charge on any atom is 0.306 e. The molecular weight excluding hydrogens is 673 g/mol. The number of unbranched alkanes of at least 4 members (excludes halogenated alkanes) is 30. The van der Waals surface area contributed by atoms with E-state index in [2.05, 4.69) is 27.7 Å². The van der Waals surface area contributed by atoms with Gasteiger partial charge in [0.2, 0.25) is 0 Å². The van der Waals surface area contributed by atoms with Crippen LogP contribution in [-0.4, -0.2) is 37.2 Å². The predicted molar refractivity (Wildman–Crippen MR) is 229 cm³/mol. The van der Waals surface area contributed by atoms with Gasteiger partial charge in [0.1, 0.15) is 13.2 Å². The summed E-state index contributed by atoms with van der Waals surface area (Å²) in [5.74, 6) is -0.0132. The molecule has 0 spiro atoms. The summed E-state index contributed by atoms with van der Waals surface area (Å²) in [6, 6.07) is 0. The van der Waals surface area contributed by atoms with Crippen LogP contribution in [0.1, 0.15) is 265 Å². The molecular formula is C48H92O6. The molecule has 0 radical (unpaired) electrons. The van der Waals surface area contributed by atoms with Crippen LogP contribution in [0.15, 0.2) is 0 Å². The standard InChI is InChI=1S/C48H92O6/c1-5-7-9-11-13-15-23-27-31-35-39-46(49)52-42-45(54-48(51)41-37-33-29-24-16-14-12-10-8-6-2)43-53-47(50)40-36-32-28-25-21-19-17-18-20-22-26-30-34-38-44(3)4/h44-45H,5-43H2,1-4H3/t45-/m0/s1. The SMILES string of the molecule is CCCCCCCCCCCCC(=O)OC[C@@H](COC(=O)CCCCCCCCCCCCCCCC(C)C)OC(=O)CCCCCCCCCCCC. The fourth-order valence-electron chi connectivity index (χ4n) is 7.16. The highest BCUT2D eigenvalue weighted by molar-refractivity contribution is 5.71. The van der Waals surface area contributed by atoms with Crippen LogP contribution in [0.3, 0.4) is 0 Å². The summed E-state index contributed by atoms with van der Waals surface area (Å²) in [6.45, 7) is 8.99. The fraction of sp³-hybridized carbons (Fsp3) is 0.938.